The van der Waals surface area contributed by atoms with E-state index in [4.69, 9.17) is 16.0 Å². The number of carbonyl (C=O) groups is 4. The number of fused-ring (bicyclic) bond motifs is 2. The van der Waals surface area contributed by atoms with Crippen molar-refractivity contribution in [3.63, 3.8) is 0 Å². The molecule has 4 aromatic rings. The number of nitrogen functional groups attached to an aromatic ring is 1. The van der Waals surface area contributed by atoms with Crippen molar-refractivity contribution in [1.29, 1.82) is 5.41 Å². The molecule has 3 aromatic heterocycles. The van der Waals surface area contributed by atoms with Crippen molar-refractivity contribution in [3.05, 3.63) is 88.5 Å². The number of thiazole rings is 1. The normalized spacial score (nSPS) is 20.0. The Morgan fingerprint density at radius 3 is 2.64 bits per heavy atom. The van der Waals surface area contributed by atoms with Crippen molar-refractivity contribution in [2.45, 2.75) is 62.8 Å². The lowest BCUT2D eigenvalue weighted by atomic mass is 10.0. The standard InChI is InChI=1S/C37H40N10O7S2/c1-37(2,35(52)53)54-44-27(25-19-56-36(39)42-25)31(48)43-28-32(49)47-29(34(50)51)23(18-55-33(28)47)17-45-12-10-26-22(16-45)9-13-46(26)15-20-5-7-21(8-6-20)30(38)41-24-4-3-11-40-14-24/h5-10,12-13,16,19,24,28,33,40H,3-4,11,14-15,17-18H2,1-2H3,(H6-,38,39,41,42,43,48,50,51,52,53)/p+1/b44-27-/t24?,28-,33-/m1/s1. The first kappa shape index (κ1) is 38.5. The Kier molecular flexibility index (Phi) is 10.8. The van der Waals surface area contributed by atoms with Crippen molar-refractivity contribution in [2.24, 2.45) is 5.16 Å². The first-order valence-corrected chi connectivity index (χ1v) is 19.8. The van der Waals surface area contributed by atoms with Crippen LogP contribution in [0.1, 0.15) is 43.5 Å². The van der Waals surface area contributed by atoms with Gasteiger partial charge in [0.05, 0.1) is 10.9 Å². The summed E-state index contributed by atoms with van der Waals surface area (Å²) in [5.41, 5.74) is 6.92. The number of thioether (sulfide) groups is 1. The van der Waals surface area contributed by atoms with Crippen molar-refractivity contribution >= 4 is 74.4 Å². The first-order chi connectivity index (χ1) is 26.8. The Balaban J connectivity index is 1.02. The zero-order valence-electron chi connectivity index (χ0n) is 30.5. The Labute approximate surface area is 329 Å². The van der Waals surface area contributed by atoms with Gasteiger partial charge in [-0.05, 0) is 44.9 Å². The van der Waals surface area contributed by atoms with E-state index in [1.807, 2.05) is 59.6 Å². The van der Waals surface area contributed by atoms with Crippen LogP contribution in [0.2, 0.25) is 0 Å². The Hall–Kier alpha value is -5.79. The van der Waals surface area contributed by atoms with Crippen LogP contribution in [0.4, 0.5) is 5.13 Å². The maximum absolute atomic E-state index is 13.5. The molecule has 3 atom stereocenters. The van der Waals surface area contributed by atoms with Crippen LogP contribution in [0, 0.1) is 5.41 Å². The number of nitrogens with zero attached hydrogens (tertiary/aromatic N) is 5. The van der Waals surface area contributed by atoms with Crippen LogP contribution in [-0.4, -0.2) is 102 Å². The highest BCUT2D eigenvalue weighted by molar-refractivity contribution is 8.00. The maximum atomic E-state index is 13.5. The summed E-state index contributed by atoms with van der Waals surface area (Å²) in [6.07, 6.45) is 7.95. The van der Waals surface area contributed by atoms with E-state index in [1.165, 1.54) is 35.9 Å². The molecule has 0 saturated carbocycles. The van der Waals surface area contributed by atoms with Gasteiger partial charge in [-0.1, -0.05) is 29.4 Å². The molecular formula is C37H41N10O7S2+. The third-order valence-corrected chi connectivity index (χ3v) is 11.8. The topological polar surface area (TPSA) is 241 Å². The highest BCUT2D eigenvalue weighted by atomic mass is 32.2. The fourth-order valence-corrected chi connectivity index (χ4v) is 8.58. The van der Waals surface area contributed by atoms with Gasteiger partial charge in [-0.2, -0.15) is 0 Å². The van der Waals surface area contributed by atoms with Gasteiger partial charge in [0.1, 0.15) is 28.6 Å². The van der Waals surface area contributed by atoms with Crippen LogP contribution in [0.3, 0.4) is 0 Å². The molecule has 1 unspecified atom stereocenters. The second-order valence-corrected chi connectivity index (χ2v) is 16.2. The lowest BCUT2D eigenvalue weighted by Crippen LogP contribution is -2.71. The summed E-state index contributed by atoms with van der Waals surface area (Å²) in [6, 6.07) is 11.1. The fourth-order valence-electron chi connectivity index (χ4n) is 6.70. The number of oxime groups is 1. The predicted molar refractivity (Wildman–Crippen MR) is 209 cm³/mol. The number of aromatic nitrogens is 3. The SMILES string of the molecule is CC(C)(O/N=C(\C(=O)N[C@@H]1C(=O)N2C(C(=O)O)=C(C[n+]3ccc4c(ccn4Cc4ccc(C(=N)NC5CCCNC5)cc4)c3)CS[C@H]12)c1csc(N)n1)C(=O)O. The van der Waals surface area contributed by atoms with E-state index >= 15 is 0 Å². The molecule has 3 aliphatic rings. The average molecular weight is 802 g/mol. The average Bonchev–Trinajstić information content (AvgIpc) is 3.79. The molecule has 7 rings (SSSR count). The molecule has 8 N–H and O–H groups in total. The van der Waals surface area contributed by atoms with E-state index in [1.54, 1.807) is 0 Å². The predicted octanol–water partition coefficient (Wildman–Crippen LogP) is 1.71. The van der Waals surface area contributed by atoms with Gasteiger partial charge in [0, 0.05) is 53.7 Å². The lowest BCUT2D eigenvalue weighted by molar-refractivity contribution is -0.687. The third kappa shape index (κ3) is 7.96. The van der Waals surface area contributed by atoms with E-state index in [2.05, 4.69) is 30.7 Å². The van der Waals surface area contributed by atoms with Gasteiger partial charge >= 0.3 is 11.9 Å². The number of hydrogen-bond donors (Lipinski definition) is 7. The number of nitrogens with two attached hydrogens (primary N) is 1. The number of nitrogens with one attached hydrogen (secondary N) is 4. The number of carboxylic acid groups (broad SMARTS) is 2. The molecule has 19 heteroatoms. The molecule has 292 valence electrons. The van der Waals surface area contributed by atoms with Gasteiger partial charge in [-0.3, -0.25) is 19.9 Å². The molecule has 0 spiro atoms. The number of amides is 2. The maximum Gasteiger partial charge on any atom is 0.352 e. The number of carboxylic acids is 2. The largest absolute Gasteiger partial charge is 0.478 e. The lowest BCUT2D eigenvalue weighted by Gasteiger charge is -2.49. The van der Waals surface area contributed by atoms with Gasteiger partial charge in [0.25, 0.3) is 11.8 Å². The van der Waals surface area contributed by atoms with Crippen LogP contribution in [0.5, 0.6) is 0 Å². The van der Waals surface area contributed by atoms with Crippen molar-refractivity contribution in [1.82, 2.24) is 30.4 Å². The third-order valence-electron chi connectivity index (χ3n) is 9.78. The minimum atomic E-state index is -1.77. The monoisotopic (exact) mass is 801 g/mol. The molecule has 0 aliphatic carbocycles. The molecule has 0 radical (unpaired) electrons. The van der Waals surface area contributed by atoms with Crippen molar-refractivity contribution in [2.75, 3.05) is 24.6 Å². The van der Waals surface area contributed by atoms with Gasteiger partial charge in [0.2, 0.25) is 5.60 Å². The number of β-lactam (4-membered cyclic amide) rings is 1. The molecule has 56 heavy (non-hydrogen) atoms. The molecule has 2 saturated heterocycles. The highest BCUT2D eigenvalue weighted by Crippen LogP contribution is 2.40. The molecule has 0 bridgehead atoms. The fraction of sp³-hybridized carbons (Fsp3) is 0.351. The summed E-state index contributed by atoms with van der Waals surface area (Å²) >= 11 is 2.35. The second kappa shape index (κ2) is 15.8. The van der Waals surface area contributed by atoms with Gasteiger partial charge < -0.3 is 41.3 Å². The first-order valence-electron chi connectivity index (χ1n) is 17.8. The smallest absolute Gasteiger partial charge is 0.352 e. The number of aliphatic carboxylic acids is 2. The zero-order valence-corrected chi connectivity index (χ0v) is 32.2. The van der Waals surface area contributed by atoms with Gasteiger partial charge in [-0.15, -0.1) is 23.1 Å². The Morgan fingerprint density at radius 2 is 1.96 bits per heavy atom. The summed E-state index contributed by atoms with van der Waals surface area (Å²) in [5, 5.41) is 43.1. The van der Waals surface area contributed by atoms with E-state index in [-0.39, 0.29) is 40.6 Å². The van der Waals surface area contributed by atoms with Crippen LogP contribution >= 0.6 is 23.1 Å². The number of anilines is 1. The van der Waals surface area contributed by atoms with Crippen molar-refractivity contribution in [3.8, 4) is 0 Å². The zero-order chi connectivity index (χ0) is 39.7. The van der Waals surface area contributed by atoms with E-state index < -0.39 is 40.8 Å². The summed E-state index contributed by atoms with van der Waals surface area (Å²) < 4.78 is 4.01. The molecule has 3 aliphatic heterocycles. The van der Waals surface area contributed by atoms with E-state index in [0.717, 1.165) is 59.3 Å². The van der Waals surface area contributed by atoms with Crippen LogP contribution in [0.15, 0.2) is 76.8 Å². The van der Waals surface area contributed by atoms with Crippen LogP contribution in [-0.2, 0) is 37.1 Å². The molecule has 17 nitrogen and oxygen atoms in total. The Morgan fingerprint density at radius 1 is 1.18 bits per heavy atom. The summed E-state index contributed by atoms with van der Waals surface area (Å²) in [4.78, 5) is 61.4. The van der Waals surface area contributed by atoms with Crippen molar-refractivity contribution < 1.29 is 38.8 Å². The Bertz CT molecular complexity index is 2280. The number of amidine groups is 1. The number of benzene rings is 1. The number of carbonyl (C=O) groups excluding carboxylic acids is 2. The van der Waals surface area contributed by atoms with Crippen LogP contribution < -0.4 is 26.3 Å². The number of rotatable bonds is 13. The number of pyridine rings is 1. The van der Waals surface area contributed by atoms with E-state index in [0.29, 0.717) is 18.0 Å². The minimum Gasteiger partial charge on any atom is -0.478 e. The summed E-state index contributed by atoms with van der Waals surface area (Å²) in [5.74, 6) is -3.36. The number of piperidine rings is 1. The van der Waals surface area contributed by atoms with E-state index in [9.17, 15) is 29.4 Å². The second-order valence-electron chi connectivity index (χ2n) is 14.2. The summed E-state index contributed by atoms with van der Waals surface area (Å²) in [6.45, 7) is 5.24. The van der Waals surface area contributed by atoms with Gasteiger partial charge in [0.15, 0.2) is 29.8 Å². The molecule has 6 heterocycles. The minimum absolute atomic E-state index is 0.0240. The quantitative estimate of drug-likeness (QED) is 0.0336. The van der Waals surface area contributed by atoms with Crippen LogP contribution in [0.25, 0.3) is 10.9 Å². The number of hydrogen-bond acceptors (Lipinski definition) is 12. The molecule has 2 amide bonds. The molecular weight excluding hydrogens is 761 g/mol. The highest BCUT2D eigenvalue weighted by Gasteiger charge is 2.55. The van der Waals surface area contributed by atoms with Gasteiger partial charge in [-0.25, -0.2) is 19.1 Å². The summed E-state index contributed by atoms with van der Waals surface area (Å²) in [7, 11) is 0. The molecule has 2 fully saturated rings. The molecule has 1 aromatic carbocycles.